The molecule has 0 aliphatic rings. The Bertz CT molecular complexity index is 3010. The number of pyridine rings is 1. The van der Waals surface area contributed by atoms with Crippen LogP contribution in [0, 0.1) is 17.5 Å². The van der Waals surface area contributed by atoms with Gasteiger partial charge in [0.05, 0.1) is 30.5 Å². The molecule has 4 nitrogen and oxygen atoms in total. The SMILES string of the molecule is [2H]C([2H])(c1cc(-c2[c-]ccc(C(C)(C)C)c2)ncc1[Si](C)(C)C)C(C)(C)C.[Ir].[c-]1ccc2c(oc3ccccc32)c1-c1nc2ccccc2n1-c1ccc(-c2ccccc2)cc1. The number of furan rings is 1. The second-order valence-electron chi connectivity index (χ2n) is 18.3. The van der Waals surface area contributed by atoms with E-state index >= 15 is 0 Å². The van der Waals surface area contributed by atoms with Gasteiger partial charge in [-0.1, -0.05) is 157 Å². The Kier molecular flexibility index (Phi) is 11.3. The fourth-order valence-electron chi connectivity index (χ4n) is 7.53. The Labute approximate surface area is 372 Å². The number of hydrogen-bond donors (Lipinski definition) is 0. The molecule has 0 atom stereocenters. The zero-order valence-electron chi connectivity index (χ0n) is 37.9. The fourth-order valence-corrected chi connectivity index (χ4v) is 8.93. The van der Waals surface area contributed by atoms with Gasteiger partial charge in [0.1, 0.15) is 5.58 Å². The van der Waals surface area contributed by atoms with Gasteiger partial charge >= 0.3 is 0 Å². The largest absolute Gasteiger partial charge is 0.501 e. The van der Waals surface area contributed by atoms with E-state index in [9.17, 15) is 0 Å². The topological polar surface area (TPSA) is 43.9 Å². The predicted molar refractivity (Wildman–Crippen MR) is 251 cm³/mol. The minimum Gasteiger partial charge on any atom is -0.501 e. The molecule has 9 rings (SSSR count). The second-order valence-corrected chi connectivity index (χ2v) is 23.4. The first kappa shape index (κ1) is 40.0. The van der Waals surface area contributed by atoms with Gasteiger partial charge in [-0.3, -0.25) is 4.98 Å². The maximum atomic E-state index is 8.89. The minimum atomic E-state index is -1.74. The third kappa shape index (κ3) is 9.02. The van der Waals surface area contributed by atoms with Crippen molar-refractivity contribution in [2.24, 2.45) is 5.41 Å². The minimum absolute atomic E-state index is 0. The maximum absolute atomic E-state index is 8.89. The number of nitrogens with zero attached hydrogens (tertiary/aromatic N) is 3. The van der Waals surface area contributed by atoms with E-state index in [2.05, 4.69) is 136 Å². The number of benzene rings is 6. The molecule has 0 amide bonds. The van der Waals surface area contributed by atoms with Gasteiger partial charge in [0.15, 0.2) is 0 Å². The number of para-hydroxylation sites is 3. The van der Waals surface area contributed by atoms with Crippen LogP contribution >= 0.6 is 0 Å². The molecule has 0 aliphatic heterocycles. The Hall–Kier alpha value is -5.39. The van der Waals surface area contributed by atoms with E-state index in [0.717, 1.165) is 72.1 Å². The van der Waals surface area contributed by atoms with E-state index in [1.54, 1.807) is 0 Å². The summed E-state index contributed by atoms with van der Waals surface area (Å²) in [6, 6.07) is 54.3. The van der Waals surface area contributed by atoms with Gasteiger partial charge in [0.2, 0.25) is 0 Å². The van der Waals surface area contributed by atoms with E-state index in [-0.39, 0.29) is 25.5 Å². The van der Waals surface area contributed by atoms with Crippen molar-refractivity contribution in [3.8, 4) is 39.5 Å². The number of fused-ring (bicyclic) bond motifs is 4. The van der Waals surface area contributed by atoms with Crippen LogP contribution in [0.4, 0.5) is 0 Å². The van der Waals surface area contributed by atoms with Crippen molar-refractivity contribution >= 4 is 46.2 Å². The number of rotatable bonds is 6. The average Bonchev–Trinajstić information content (AvgIpc) is 3.82. The van der Waals surface area contributed by atoms with Crippen molar-refractivity contribution in [2.75, 3.05) is 0 Å². The summed E-state index contributed by atoms with van der Waals surface area (Å²) in [7, 11) is -1.74. The molecule has 6 heteroatoms. The van der Waals surface area contributed by atoms with Gasteiger partial charge in [-0.05, 0) is 69.5 Å². The smallest absolute Gasteiger partial charge is 0.120 e. The van der Waals surface area contributed by atoms with E-state index < -0.39 is 19.9 Å². The zero-order valence-corrected chi connectivity index (χ0v) is 39.3. The van der Waals surface area contributed by atoms with Crippen LogP contribution in [0.2, 0.25) is 19.6 Å². The van der Waals surface area contributed by atoms with Gasteiger partial charge in [-0.2, -0.15) is 0 Å². The molecule has 0 saturated carbocycles. The predicted octanol–water partition coefficient (Wildman–Crippen LogP) is 14.0. The summed E-state index contributed by atoms with van der Waals surface area (Å²) in [4.78, 5) is 9.76. The summed E-state index contributed by atoms with van der Waals surface area (Å²) in [5.74, 6) is 0.818. The van der Waals surface area contributed by atoms with Crippen molar-refractivity contribution in [3.05, 3.63) is 169 Å². The Balaban J connectivity index is 0.000000189. The number of imidazole rings is 1. The Morgan fingerprint density at radius 2 is 1.38 bits per heavy atom. The van der Waals surface area contributed by atoms with E-state index in [1.807, 2.05) is 87.6 Å². The van der Waals surface area contributed by atoms with E-state index in [1.165, 1.54) is 16.7 Å². The quantitative estimate of drug-likeness (QED) is 0.123. The van der Waals surface area contributed by atoms with Crippen LogP contribution in [0.5, 0.6) is 0 Å². The molecular formula is C54H53IrN3OSi-2. The molecular weight excluding hydrogens is 927 g/mol. The first-order valence-electron chi connectivity index (χ1n) is 21.4. The Morgan fingerprint density at radius 3 is 2.10 bits per heavy atom. The molecule has 60 heavy (non-hydrogen) atoms. The van der Waals surface area contributed by atoms with Crippen LogP contribution in [0.3, 0.4) is 0 Å². The van der Waals surface area contributed by atoms with E-state index in [4.69, 9.17) is 17.1 Å². The number of aromatic nitrogens is 3. The van der Waals surface area contributed by atoms with Crippen molar-refractivity contribution in [1.29, 1.82) is 0 Å². The maximum Gasteiger partial charge on any atom is 0.120 e. The second kappa shape index (κ2) is 16.9. The summed E-state index contributed by atoms with van der Waals surface area (Å²) in [5, 5.41) is 3.27. The normalized spacial score (nSPS) is 12.8. The van der Waals surface area contributed by atoms with Gasteiger partial charge < -0.3 is 14.0 Å². The van der Waals surface area contributed by atoms with Crippen LogP contribution in [-0.4, -0.2) is 22.6 Å². The first-order valence-corrected chi connectivity index (χ1v) is 23.9. The molecule has 6 aromatic carbocycles. The van der Waals surface area contributed by atoms with Gasteiger partial charge in [0, 0.05) is 40.1 Å². The molecule has 0 N–H and O–H groups in total. The summed E-state index contributed by atoms with van der Waals surface area (Å²) in [6.45, 7) is 19.2. The van der Waals surface area contributed by atoms with Crippen LogP contribution in [0.25, 0.3) is 72.4 Å². The van der Waals surface area contributed by atoms with Crippen molar-refractivity contribution < 1.29 is 27.3 Å². The zero-order chi connectivity index (χ0) is 43.3. The van der Waals surface area contributed by atoms with Crippen LogP contribution in [0.15, 0.2) is 150 Å². The molecule has 9 aromatic rings. The number of hydrogen-bond acceptors (Lipinski definition) is 3. The van der Waals surface area contributed by atoms with Crippen LogP contribution in [-0.2, 0) is 31.9 Å². The van der Waals surface area contributed by atoms with Gasteiger partial charge in [-0.15, -0.1) is 53.6 Å². The average molecular weight is 982 g/mol. The van der Waals surface area contributed by atoms with Crippen molar-refractivity contribution in [2.45, 2.75) is 73.0 Å². The molecule has 0 saturated heterocycles. The third-order valence-electron chi connectivity index (χ3n) is 10.5. The summed E-state index contributed by atoms with van der Waals surface area (Å²) in [5.41, 5.74) is 11.2. The summed E-state index contributed by atoms with van der Waals surface area (Å²) in [6.07, 6.45) is 0.472. The summed E-state index contributed by atoms with van der Waals surface area (Å²) < 4.78 is 26.3. The standard InChI is InChI=1S/C31H19N2O.C23H34NSi.Ir/c1-2-9-21(10-3-1)22-17-19-23(20-18-22)33-28-15-6-5-14-27(28)32-31(33)26-13-8-12-25-24-11-4-7-16-29(24)34-30(25)26;1-22(2,3)15-18-14-20(24-16-21(18)25(7,8)9)17-11-10-12-19(13-17)23(4,5)6;/h1-12,14-20H;10,12-14,16H,15H2,1-9H3;/q2*-1;/i;15D2;. The molecule has 1 radical (unpaired) electrons. The van der Waals surface area contributed by atoms with Gasteiger partial charge in [0.25, 0.3) is 0 Å². The van der Waals surface area contributed by atoms with Gasteiger partial charge in [-0.25, -0.2) is 0 Å². The molecule has 3 aromatic heterocycles. The molecule has 0 spiro atoms. The molecule has 0 bridgehead atoms. The van der Waals surface area contributed by atoms with Crippen LogP contribution < -0.4 is 5.19 Å². The molecule has 0 aliphatic carbocycles. The molecule has 0 fully saturated rings. The first-order chi connectivity index (χ1) is 28.9. The van der Waals surface area contributed by atoms with Crippen LogP contribution in [0.1, 0.15) is 55.4 Å². The molecule has 305 valence electrons. The fraction of sp³-hybridized carbons (Fsp3) is 0.222. The molecule has 3 heterocycles. The summed E-state index contributed by atoms with van der Waals surface area (Å²) >= 11 is 0. The van der Waals surface area contributed by atoms with Crippen molar-refractivity contribution in [3.63, 3.8) is 0 Å². The third-order valence-corrected chi connectivity index (χ3v) is 12.5. The Morgan fingerprint density at radius 1 is 0.717 bits per heavy atom. The monoisotopic (exact) mass is 982 g/mol. The van der Waals surface area contributed by atoms with E-state index in [0.29, 0.717) is 0 Å². The molecule has 0 unspecified atom stereocenters. The van der Waals surface area contributed by atoms with Crippen molar-refractivity contribution in [1.82, 2.24) is 14.5 Å².